The minimum Gasteiger partial charge on any atom is -0.444 e. The van der Waals surface area contributed by atoms with Crippen molar-refractivity contribution in [3.63, 3.8) is 0 Å². The van der Waals surface area contributed by atoms with Crippen LogP contribution in [0.1, 0.15) is 107 Å². The van der Waals surface area contributed by atoms with Crippen LogP contribution in [-0.2, 0) is 37.8 Å². The minimum absolute atomic E-state index is 0.0669. The number of fused-ring (bicyclic) bond motifs is 2. The molecular formula is C32H57N8O6+. The van der Waals surface area contributed by atoms with E-state index in [4.69, 9.17) is 30.4 Å². The Morgan fingerprint density at radius 2 is 1.43 bits per heavy atom. The van der Waals surface area contributed by atoms with Crippen LogP contribution in [0.25, 0.3) is 0 Å². The van der Waals surface area contributed by atoms with E-state index >= 15 is 0 Å². The van der Waals surface area contributed by atoms with E-state index in [1.165, 1.54) is 0 Å². The standard InChI is InChI=1S/2C16H28N4O3/c1-7-8-22-10-20-12-11(13(17)18-20)9-19(16(12,5)6)14(21)23-15(2,3)4;1-7-8-22-10-20-13(17)11-9-19(14(21)23-15(2,3)4)16(5,6)12(11)18-20/h7-10H2,1-6H3,(H2,17,18);11,17H,7-10H2,1-6H3/p+1. The van der Waals surface area contributed by atoms with Crippen molar-refractivity contribution in [3.8, 4) is 0 Å². The first-order valence-electron chi connectivity index (χ1n) is 16.2. The van der Waals surface area contributed by atoms with Crippen LogP contribution < -0.4 is 11.5 Å². The number of ether oxygens (including phenoxy) is 4. The van der Waals surface area contributed by atoms with Gasteiger partial charge in [0.1, 0.15) is 29.6 Å². The predicted molar refractivity (Wildman–Crippen MR) is 176 cm³/mol. The fourth-order valence-electron chi connectivity index (χ4n) is 5.71. The lowest BCUT2D eigenvalue weighted by molar-refractivity contribution is -0.572. The second-order valence-electron chi connectivity index (χ2n) is 14.9. The van der Waals surface area contributed by atoms with Gasteiger partial charge in [-0.05, 0) is 82.1 Å². The molecule has 4 rings (SSSR count). The Balaban J connectivity index is 0.000000250. The first-order chi connectivity index (χ1) is 21.2. The Morgan fingerprint density at radius 1 is 0.891 bits per heavy atom. The molecule has 1 aromatic rings. The van der Waals surface area contributed by atoms with Gasteiger partial charge in [-0.2, -0.15) is 5.10 Å². The van der Waals surface area contributed by atoms with Gasteiger partial charge in [0.05, 0.1) is 29.9 Å². The van der Waals surface area contributed by atoms with Crippen LogP contribution in [0.3, 0.4) is 0 Å². The van der Waals surface area contributed by atoms with Crippen molar-refractivity contribution in [1.82, 2.24) is 19.6 Å². The number of rotatable bonds is 8. The number of hydrogen-bond donors (Lipinski definition) is 2. The number of aromatic nitrogens is 2. The highest BCUT2D eigenvalue weighted by atomic mass is 16.6. The Morgan fingerprint density at radius 3 is 1.96 bits per heavy atom. The van der Waals surface area contributed by atoms with Crippen LogP contribution in [0.5, 0.6) is 0 Å². The van der Waals surface area contributed by atoms with Gasteiger partial charge in [-0.1, -0.05) is 18.9 Å². The predicted octanol–water partition coefficient (Wildman–Crippen LogP) is 4.59. The van der Waals surface area contributed by atoms with Crippen molar-refractivity contribution in [1.29, 1.82) is 0 Å². The highest BCUT2D eigenvalue weighted by Crippen LogP contribution is 2.42. The van der Waals surface area contributed by atoms with Crippen LogP contribution >= 0.6 is 0 Å². The molecule has 4 heterocycles. The molecule has 0 radical (unpaired) electrons. The lowest BCUT2D eigenvalue weighted by Crippen LogP contribution is -2.48. The summed E-state index contributed by atoms with van der Waals surface area (Å²) in [4.78, 5) is 28.4. The third-order valence-corrected chi connectivity index (χ3v) is 7.88. The molecule has 46 heavy (non-hydrogen) atoms. The molecule has 1 unspecified atom stereocenters. The summed E-state index contributed by atoms with van der Waals surface area (Å²) >= 11 is 0. The smallest absolute Gasteiger partial charge is 0.411 e. The molecule has 0 aromatic carbocycles. The molecule has 0 bridgehead atoms. The van der Waals surface area contributed by atoms with Crippen molar-refractivity contribution in [2.24, 2.45) is 16.8 Å². The Hall–Kier alpha value is -3.39. The van der Waals surface area contributed by atoms with Gasteiger partial charge in [0.15, 0.2) is 5.82 Å². The van der Waals surface area contributed by atoms with Crippen LogP contribution in [-0.4, -0.2) is 91.2 Å². The topological polar surface area (TPSA) is 163 Å². The summed E-state index contributed by atoms with van der Waals surface area (Å²) in [5.41, 5.74) is 12.8. The Labute approximate surface area is 274 Å². The maximum absolute atomic E-state index is 12.5. The highest BCUT2D eigenvalue weighted by molar-refractivity contribution is 6.13. The van der Waals surface area contributed by atoms with Crippen molar-refractivity contribution >= 4 is 29.6 Å². The van der Waals surface area contributed by atoms with Crippen LogP contribution in [0.15, 0.2) is 5.10 Å². The van der Waals surface area contributed by atoms with Gasteiger partial charge in [-0.15, -0.1) is 4.68 Å². The van der Waals surface area contributed by atoms with Gasteiger partial charge in [0.2, 0.25) is 6.73 Å². The maximum atomic E-state index is 12.5. The summed E-state index contributed by atoms with van der Waals surface area (Å²) in [5.74, 6) is 1.01. The summed E-state index contributed by atoms with van der Waals surface area (Å²) in [6.07, 6.45) is 1.21. The minimum atomic E-state index is -0.558. The molecule has 1 atom stereocenters. The summed E-state index contributed by atoms with van der Waals surface area (Å²) in [5, 5.41) is 8.96. The Bertz CT molecular complexity index is 1340. The maximum Gasteiger partial charge on any atom is 0.411 e. The number of nitrogens with two attached hydrogens (primary N) is 2. The number of anilines is 1. The number of carbonyl (C=O) groups is 2. The van der Waals surface area contributed by atoms with Crippen LogP contribution in [0.2, 0.25) is 0 Å². The van der Waals surface area contributed by atoms with Crippen molar-refractivity contribution in [2.75, 3.05) is 32.2 Å². The van der Waals surface area contributed by atoms with E-state index in [0.717, 1.165) is 29.8 Å². The first kappa shape index (κ1) is 37.1. The monoisotopic (exact) mass is 649 g/mol. The SMILES string of the molecule is CCCOC[N+]1=C(N)C2CN(C(=O)OC(C)(C)C)C(C)(C)C2=N1.CCCOCn1nc(N)c2c1C(C)(C)N(C(=O)OC(C)(C)C)C2. The second kappa shape index (κ2) is 13.8. The molecule has 0 spiro atoms. The van der Waals surface area contributed by atoms with E-state index in [-0.39, 0.29) is 18.1 Å². The molecule has 0 saturated carbocycles. The van der Waals surface area contributed by atoms with Gasteiger partial charge >= 0.3 is 12.2 Å². The molecule has 0 aliphatic carbocycles. The number of carbonyl (C=O) groups excluding carboxylic acids is 2. The summed E-state index contributed by atoms with van der Waals surface area (Å²) in [6.45, 7) is 26.0. The molecule has 2 amide bonds. The molecule has 3 aliphatic rings. The van der Waals surface area contributed by atoms with Gasteiger partial charge in [-0.3, -0.25) is 15.5 Å². The average Bonchev–Trinajstić information content (AvgIpc) is 3.57. The number of hydrogen-bond acceptors (Lipinski definition) is 10. The van der Waals surface area contributed by atoms with Crippen molar-refractivity contribution < 1.29 is 33.2 Å². The average molecular weight is 650 g/mol. The summed E-state index contributed by atoms with van der Waals surface area (Å²) < 4.78 is 25.6. The molecule has 1 fully saturated rings. The van der Waals surface area contributed by atoms with E-state index in [1.807, 2.05) is 69.2 Å². The number of hydrazone groups is 1. The first-order valence-corrected chi connectivity index (χ1v) is 16.2. The second-order valence-corrected chi connectivity index (χ2v) is 14.9. The molecule has 260 valence electrons. The van der Waals surface area contributed by atoms with Gasteiger partial charge in [0.25, 0.3) is 5.84 Å². The van der Waals surface area contributed by atoms with E-state index in [0.29, 0.717) is 51.4 Å². The van der Waals surface area contributed by atoms with E-state index in [9.17, 15) is 9.59 Å². The zero-order valence-corrected chi connectivity index (χ0v) is 30.0. The third kappa shape index (κ3) is 8.11. The molecule has 14 heteroatoms. The van der Waals surface area contributed by atoms with Crippen LogP contribution in [0.4, 0.5) is 15.4 Å². The third-order valence-electron chi connectivity index (χ3n) is 7.88. The Kier molecular flexibility index (Phi) is 11.1. The van der Waals surface area contributed by atoms with E-state index in [1.54, 1.807) is 19.2 Å². The summed E-state index contributed by atoms with van der Waals surface area (Å²) in [6, 6.07) is 0. The molecule has 14 nitrogen and oxygen atoms in total. The van der Waals surface area contributed by atoms with Gasteiger partial charge in [-0.25, -0.2) is 14.3 Å². The molecule has 1 aromatic heterocycles. The number of nitrogen functional groups attached to an aromatic ring is 1. The molecule has 4 N–H and O–H groups in total. The molecule has 3 aliphatic heterocycles. The van der Waals surface area contributed by atoms with Crippen LogP contribution in [0, 0.1) is 5.92 Å². The number of likely N-dealkylation sites (tertiary alicyclic amines) is 1. The largest absolute Gasteiger partial charge is 0.444 e. The van der Waals surface area contributed by atoms with Crippen molar-refractivity contribution in [2.45, 2.75) is 131 Å². The number of nitrogens with zero attached hydrogens (tertiary/aromatic N) is 6. The highest BCUT2D eigenvalue weighted by Gasteiger charge is 2.55. The number of amides is 2. The van der Waals surface area contributed by atoms with E-state index < -0.39 is 22.3 Å². The zero-order chi connectivity index (χ0) is 34.8. The van der Waals surface area contributed by atoms with E-state index in [2.05, 4.69) is 24.0 Å². The van der Waals surface area contributed by atoms with Crippen molar-refractivity contribution in [3.05, 3.63) is 11.3 Å². The van der Waals surface area contributed by atoms with Gasteiger partial charge in [0, 0.05) is 18.7 Å². The summed E-state index contributed by atoms with van der Waals surface area (Å²) in [7, 11) is 0. The molecular weight excluding hydrogens is 592 g/mol. The lowest BCUT2D eigenvalue weighted by Gasteiger charge is -2.34. The number of amidine groups is 1. The normalized spacial score (nSPS) is 19.8. The quantitative estimate of drug-likeness (QED) is 0.303. The lowest BCUT2D eigenvalue weighted by atomic mass is 9.93. The fraction of sp³-hybridized carbons (Fsp3) is 0.781. The fourth-order valence-corrected chi connectivity index (χ4v) is 5.71. The molecule has 1 saturated heterocycles. The van der Waals surface area contributed by atoms with Gasteiger partial charge < -0.3 is 24.7 Å². The zero-order valence-electron chi connectivity index (χ0n) is 30.0.